The summed E-state index contributed by atoms with van der Waals surface area (Å²) in [6.07, 6.45) is 0. The molecule has 0 amide bonds. The molecule has 0 aromatic carbocycles. The van der Waals surface area contributed by atoms with E-state index in [-0.39, 0.29) is 8.20 Å². The normalized spacial score (nSPS) is 5.40. The molecule has 0 atom stereocenters. The van der Waals surface area contributed by atoms with E-state index >= 15 is 0 Å². The maximum absolute atomic E-state index is 9.05. The Labute approximate surface area is 30.8 Å². The van der Waals surface area contributed by atoms with Crippen molar-refractivity contribution in [3.8, 4) is 5.81 Å². The minimum absolute atomic E-state index is 0.0802. The van der Waals surface area contributed by atoms with Crippen LogP contribution in [-0.4, -0.2) is 5.66 Å². The van der Waals surface area contributed by atoms with E-state index in [1.807, 2.05) is 0 Å². The van der Waals surface area contributed by atoms with Gasteiger partial charge >= 0.3 is 0 Å². The van der Waals surface area contributed by atoms with E-state index in [0.29, 0.717) is 0 Å². The molecule has 0 unspecified atom stereocenters. The number of hydrogen-bond donors (Lipinski definition) is 0. The summed E-state index contributed by atoms with van der Waals surface area (Å²) < 4.78 is 0. The molecule has 0 aliphatic heterocycles. The Morgan fingerprint density at radius 2 is 2.40 bits per heavy atom. The highest BCUT2D eigenvalue weighted by Gasteiger charge is 1.48. The first-order chi connectivity index (χ1) is 2.41. The van der Waals surface area contributed by atoms with Crippen LogP contribution < -0.4 is 0 Å². The van der Waals surface area contributed by atoms with Crippen molar-refractivity contribution in [2.45, 2.75) is 0 Å². The van der Waals surface area contributed by atoms with Gasteiger partial charge in [-0.25, -0.2) is 4.79 Å². The van der Waals surface area contributed by atoms with Crippen molar-refractivity contribution in [3.63, 3.8) is 0 Å². The number of hydrogen-bond acceptors (Lipinski definition) is 2. The average molecular weight is 85.0 g/mol. The van der Waals surface area contributed by atoms with Crippen molar-refractivity contribution in [3.05, 3.63) is 0 Å². The molecule has 0 N–H and O–H groups in total. The third kappa shape index (κ3) is 3.37. The summed E-state index contributed by atoms with van der Waals surface area (Å²) >= 11 is 0. The summed E-state index contributed by atoms with van der Waals surface area (Å²) in [6.45, 7) is 0. The third-order valence-corrected chi connectivity index (χ3v) is 0.287. The number of nitriles is 1. The lowest BCUT2D eigenvalue weighted by molar-refractivity contribution is 0.572. The van der Waals surface area contributed by atoms with Gasteiger partial charge in [0.2, 0.25) is 0 Å². The molecule has 0 rings (SSSR count). The van der Waals surface area contributed by atoms with Gasteiger partial charge in [-0.2, -0.15) is 5.26 Å². The molecular formula is C2NOP. The van der Waals surface area contributed by atoms with E-state index in [1.54, 1.807) is 5.81 Å². The Balaban J connectivity index is 3.46. The molecule has 0 spiro atoms. The van der Waals surface area contributed by atoms with Gasteiger partial charge in [-0.05, 0) is 0 Å². The maximum Gasteiger partial charge on any atom is 0.166 e. The first-order valence-electron chi connectivity index (χ1n) is 0.875. The lowest BCUT2D eigenvalue weighted by Crippen LogP contribution is -1.22. The van der Waals surface area contributed by atoms with Crippen LogP contribution in [0.25, 0.3) is 0 Å². The van der Waals surface area contributed by atoms with Gasteiger partial charge in [-0.1, -0.05) is 0 Å². The molecule has 0 saturated carbocycles. The van der Waals surface area contributed by atoms with Gasteiger partial charge in [0.25, 0.3) is 0 Å². The molecule has 24 valence electrons. The zero-order valence-electron chi connectivity index (χ0n) is 2.30. The molecule has 0 heterocycles. The molecule has 0 aliphatic carbocycles. The van der Waals surface area contributed by atoms with Gasteiger partial charge in [0, 0.05) is 0 Å². The molecule has 2 nitrogen and oxygen atoms in total. The van der Waals surface area contributed by atoms with Crippen molar-refractivity contribution >= 4 is 13.9 Å². The summed E-state index contributed by atoms with van der Waals surface area (Å²) in [6, 6.07) is 0. The summed E-state index contributed by atoms with van der Waals surface area (Å²) in [7, 11) is 0.0802. The Morgan fingerprint density at radius 1 is 1.80 bits per heavy atom. The van der Waals surface area contributed by atoms with Gasteiger partial charge in [-0.3, -0.25) is 0 Å². The van der Waals surface area contributed by atoms with E-state index in [0.717, 1.165) is 0 Å². The summed E-state index contributed by atoms with van der Waals surface area (Å²) in [4.78, 5) is 9.05. The molecule has 0 aromatic heterocycles. The van der Waals surface area contributed by atoms with Crippen LogP contribution in [0.15, 0.2) is 0 Å². The molecule has 0 fully saturated rings. The second-order valence-corrected chi connectivity index (χ2v) is 0.909. The van der Waals surface area contributed by atoms with Crippen LogP contribution in [0.4, 0.5) is 0 Å². The van der Waals surface area contributed by atoms with Crippen LogP contribution in [0.1, 0.15) is 0 Å². The highest BCUT2D eigenvalue weighted by atomic mass is 31.1. The minimum atomic E-state index is 0.0802. The van der Waals surface area contributed by atoms with E-state index in [9.17, 15) is 0 Å². The van der Waals surface area contributed by atoms with E-state index in [1.165, 1.54) is 5.66 Å². The van der Waals surface area contributed by atoms with Gasteiger partial charge < -0.3 is 0 Å². The van der Waals surface area contributed by atoms with Crippen molar-refractivity contribution in [1.82, 2.24) is 0 Å². The second kappa shape index (κ2) is 3.37. The maximum atomic E-state index is 9.05. The number of rotatable bonds is 0. The summed E-state index contributed by atoms with van der Waals surface area (Å²) in [5, 5.41) is 7.54. The Bertz CT molecular complexity index is 96.7. The first kappa shape index (κ1) is 4.37. The lowest BCUT2D eigenvalue weighted by atomic mass is 11.8. The van der Waals surface area contributed by atoms with Crippen LogP contribution in [0, 0.1) is 11.1 Å². The molecule has 0 radical (unpaired) electrons. The fraction of sp³-hybridized carbons (Fsp3) is 0. The first-order valence-corrected chi connectivity index (χ1v) is 1.77. The zero-order chi connectivity index (χ0) is 4.12. The molecular weight excluding hydrogens is 85.0 g/mol. The fourth-order valence-corrected chi connectivity index (χ4v) is 0.0612. The molecule has 0 saturated heterocycles. The third-order valence-electron chi connectivity index (χ3n) is 0.0956. The van der Waals surface area contributed by atoms with E-state index in [4.69, 9.17) is 10.1 Å². The molecule has 3 heteroatoms. The Hall–Kier alpha value is -0.630. The predicted octanol–water partition coefficient (Wildman–Crippen LogP) is 0.481. The van der Waals surface area contributed by atoms with Crippen molar-refractivity contribution < 1.29 is 4.79 Å². The Morgan fingerprint density at radius 3 is 2.40 bits per heavy atom. The topological polar surface area (TPSA) is 40.9 Å². The average Bonchev–Trinajstić information content (AvgIpc) is 1.41. The van der Waals surface area contributed by atoms with Crippen LogP contribution >= 0.6 is 8.20 Å². The monoisotopic (exact) mass is 85.0 g/mol. The summed E-state index contributed by atoms with van der Waals surface area (Å²) in [5.41, 5.74) is 1.38. The van der Waals surface area contributed by atoms with Gasteiger partial charge in [0.05, 0.1) is 0 Å². The summed E-state index contributed by atoms with van der Waals surface area (Å²) in [5.74, 6) is 1.57. The van der Waals surface area contributed by atoms with Gasteiger partial charge in [-0.15, -0.1) is 0 Å². The molecule has 0 bridgehead atoms. The van der Waals surface area contributed by atoms with Gasteiger partial charge in [0.15, 0.2) is 5.66 Å². The predicted molar refractivity (Wildman–Crippen MR) is 18.2 cm³/mol. The fourth-order valence-electron chi connectivity index (χ4n) is 0.0204. The number of carbonyl (C=O) groups excluding carboxylic acids is 1. The van der Waals surface area contributed by atoms with E-state index in [2.05, 4.69) is 0 Å². The molecule has 5 heavy (non-hydrogen) atoms. The molecule has 0 aromatic rings. The number of nitrogens with zero attached hydrogens (tertiary/aromatic N) is 1. The quantitative estimate of drug-likeness (QED) is 0.401. The lowest BCUT2D eigenvalue weighted by Gasteiger charge is -1.29. The molecule has 0 aliphatic rings. The highest BCUT2D eigenvalue weighted by Crippen LogP contribution is 1.77. The smallest absolute Gasteiger partial charge is 0.166 e. The second-order valence-electron chi connectivity index (χ2n) is 0.303. The highest BCUT2D eigenvalue weighted by molar-refractivity contribution is 7.42. The standard InChI is InChI=1S/C2NOP/c3-1-5-2-4. The zero-order valence-corrected chi connectivity index (χ0v) is 3.20. The van der Waals surface area contributed by atoms with Gasteiger partial charge in [0.1, 0.15) is 14.0 Å². The van der Waals surface area contributed by atoms with Crippen molar-refractivity contribution in [2.24, 2.45) is 0 Å². The minimum Gasteiger partial charge on any atom is -0.228 e. The van der Waals surface area contributed by atoms with Crippen LogP contribution in [0.5, 0.6) is 0 Å². The Kier molecular flexibility index (Phi) is 2.95. The largest absolute Gasteiger partial charge is 0.228 e. The van der Waals surface area contributed by atoms with Crippen molar-refractivity contribution in [1.29, 1.82) is 5.26 Å². The van der Waals surface area contributed by atoms with E-state index < -0.39 is 0 Å². The SMILES string of the molecule is N#CP=C=O. The van der Waals surface area contributed by atoms with Crippen LogP contribution in [0.2, 0.25) is 0 Å². The van der Waals surface area contributed by atoms with Crippen molar-refractivity contribution in [2.75, 3.05) is 0 Å². The van der Waals surface area contributed by atoms with Crippen LogP contribution in [0.3, 0.4) is 0 Å². The van der Waals surface area contributed by atoms with Crippen LogP contribution in [-0.2, 0) is 4.79 Å².